The van der Waals surface area contributed by atoms with Crippen molar-refractivity contribution in [3.63, 3.8) is 0 Å². The van der Waals surface area contributed by atoms with E-state index in [1.54, 1.807) is 16.8 Å². The Bertz CT molecular complexity index is 623. The largest absolute Gasteiger partial charge is 0.395 e. The van der Waals surface area contributed by atoms with Crippen LogP contribution in [0, 0.1) is 24.6 Å². The van der Waals surface area contributed by atoms with Crippen LogP contribution in [0.25, 0.3) is 0 Å². The van der Waals surface area contributed by atoms with Gasteiger partial charge in [-0.15, -0.1) is 0 Å². The summed E-state index contributed by atoms with van der Waals surface area (Å²) in [6.07, 6.45) is 2.23. The first-order valence-electron chi connectivity index (χ1n) is 6.07. The van der Waals surface area contributed by atoms with Crippen LogP contribution in [0.2, 0.25) is 0 Å². The SMILES string of the molecule is Cc1ccn(Cc2ccc(F)c(C#CCCO)c2)n1. The Morgan fingerprint density at radius 2 is 2.21 bits per heavy atom. The fraction of sp³-hybridized carbons (Fsp3) is 0.267. The Morgan fingerprint density at radius 3 is 2.89 bits per heavy atom. The quantitative estimate of drug-likeness (QED) is 0.856. The maximum Gasteiger partial charge on any atom is 0.138 e. The normalized spacial score (nSPS) is 10.1. The molecule has 0 radical (unpaired) electrons. The molecule has 3 nitrogen and oxygen atoms in total. The molecule has 98 valence electrons. The molecule has 0 fully saturated rings. The molecule has 1 aromatic carbocycles. The van der Waals surface area contributed by atoms with Gasteiger partial charge in [-0.2, -0.15) is 5.10 Å². The first-order chi connectivity index (χ1) is 9.19. The third-order valence-electron chi connectivity index (χ3n) is 2.61. The van der Waals surface area contributed by atoms with Crippen LogP contribution in [0.5, 0.6) is 0 Å². The summed E-state index contributed by atoms with van der Waals surface area (Å²) in [7, 11) is 0. The standard InChI is InChI=1S/C15H15FN2O/c1-12-7-8-18(17-12)11-13-5-6-15(16)14(10-13)4-2-3-9-19/h5-8,10,19H,3,9,11H2,1H3. The topological polar surface area (TPSA) is 38.0 Å². The third-order valence-corrected chi connectivity index (χ3v) is 2.61. The average Bonchev–Trinajstić information content (AvgIpc) is 2.79. The molecule has 1 N–H and O–H groups in total. The van der Waals surface area contributed by atoms with Gasteiger partial charge in [-0.1, -0.05) is 17.9 Å². The van der Waals surface area contributed by atoms with Crippen molar-refractivity contribution < 1.29 is 9.50 Å². The second kappa shape index (κ2) is 6.17. The first-order valence-corrected chi connectivity index (χ1v) is 6.07. The molecule has 19 heavy (non-hydrogen) atoms. The summed E-state index contributed by atoms with van der Waals surface area (Å²) >= 11 is 0. The Kier molecular flexibility index (Phi) is 4.32. The highest BCUT2D eigenvalue weighted by molar-refractivity contribution is 5.38. The molecule has 0 atom stereocenters. The van der Waals surface area contributed by atoms with E-state index < -0.39 is 0 Å². The van der Waals surface area contributed by atoms with Crippen molar-refractivity contribution in [1.82, 2.24) is 9.78 Å². The van der Waals surface area contributed by atoms with E-state index in [4.69, 9.17) is 5.11 Å². The Labute approximate surface area is 111 Å². The minimum absolute atomic E-state index is 0.0130. The summed E-state index contributed by atoms with van der Waals surface area (Å²) in [5.74, 6) is 5.11. The van der Waals surface area contributed by atoms with E-state index in [0.717, 1.165) is 11.3 Å². The molecule has 0 bridgehead atoms. The molecule has 0 amide bonds. The number of halogens is 1. The molecular formula is C15H15FN2O. The van der Waals surface area contributed by atoms with Crippen LogP contribution in [-0.2, 0) is 6.54 Å². The van der Waals surface area contributed by atoms with Gasteiger partial charge in [0.15, 0.2) is 0 Å². The lowest BCUT2D eigenvalue weighted by Crippen LogP contribution is -2.01. The second-order valence-electron chi connectivity index (χ2n) is 4.24. The lowest BCUT2D eigenvalue weighted by Gasteiger charge is -2.03. The minimum atomic E-state index is -0.342. The minimum Gasteiger partial charge on any atom is -0.395 e. The molecule has 1 aromatic heterocycles. The highest BCUT2D eigenvalue weighted by Gasteiger charge is 2.02. The molecule has 0 saturated carbocycles. The summed E-state index contributed by atoms with van der Waals surface area (Å²) in [6, 6.07) is 6.78. The summed E-state index contributed by atoms with van der Waals surface area (Å²) in [4.78, 5) is 0. The van der Waals surface area contributed by atoms with Gasteiger partial charge in [0.05, 0.1) is 24.4 Å². The van der Waals surface area contributed by atoms with Crippen LogP contribution < -0.4 is 0 Å². The molecule has 0 unspecified atom stereocenters. The molecule has 2 aromatic rings. The highest BCUT2D eigenvalue weighted by Crippen LogP contribution is 2.11. The lowest BCUT2D eigenvalue weighted by atomic mass is 10.1. The molecule has 0 aliphatic carbocycles. The Balaban J connectivity index is 2.19. The van der Waals surface area contributed by atoms with Crippen molar-refractivity contribution >= 4 is 0 Å². The van der Waals surface area contributed by atoms with E-state index in [0.29, 0.717) is 18.5 Å². The number of rotatable bonds is 3. The zero-order chi connectivity index (χ0) is 13.7. The molecule has 4 heteroatoms. The van der Waals surface area contributed by atoms with Gasteiger partial charge in [0.2, 0.25) is 0 Å². The van der Waals surface area contributed by atoms with Crippen molar-refractivity contribution in [2.45, 2.75) is 19.9 Å². The van der Waals surface area contributed by atoms with E-state index in [1.807, 2.05) is 19.2 Å². The third kappa shape index (κ3) is 3.67. The van der Waals surface area contributed by atoms with E-state index >= 15 is 0 Å². The number of aliphatic hydroxyl groups excluding tert-OH is 1. The van der Waals surface area contributed by atoms with Crippen LogP contribution in [0.4, 0.5) is 4.39 Å². The first kappa shape index (κ1) is 13.3. The summed E-state index contributed by atoms with van der Waals surface area (Å²) in [5.41, 5.74) is 2.25. The molecular weight excluding hydrogens is 243 g/mol. The number of hydrogen-bond acceptors (Lipinski definition) is 2. The van der Waals surface area contributed by atoms with Crippen molar-refractivity contribution in [2.24, 2.45) is 0 Å². The van der Waals surface area contributed by atoms with E-state index in [2.05, 4.69) is 16.9 Å². The van der Waals surface area contributed by atoms with Crippen LogP contribution in [-0.4, -0.2) is 21.5 Å². The molecule has 0 spiro atoms. The van der Waals surface area contributed by atoms with E-state index in [1.165, 1.54) is 6.07 Å². The number of aliphatic hydroxyl groups is 1. The lowest BCUT2D eigenvalue weighted by molar-refractivity contribution is 0.305. The number of benzene rings is 1. The van der Waals surface area contributed by atoms with Gasteiger partial charge in [0, 0.05) is 12.6 Å². The van der Waals surface area contributed by atoms with Crippen molar-refractivity contribution in [1.29, 1.82) is 0 Å². The number of hydrogen-bond donors (Lipinski definition) is 1. The zero-order valence-corrected chi connectivity index (χ0v) is 10.7. The van der Waals surface area contributed by atoms with Crippen LogP contribution in [0.15, 0.2) is 30.5 Å². The molecule has 1 heterocycles. The maximum atomic E-state index is 13.6. The van der Waals surface area contributed by atoms with Gasteiger partial charge in [0.1, 0.15) is 5.82 Å². The predicted octanol–water partition coefficient (Wildman–Crippen LogP) is 2.11. The van der Waals surface area contributed by atoms with E-state index in [9.17, 15) is 4.39 Å². The summed E-state index contributed by atoms with van der Waals surface area (Å²) < 4.78 is 15.4. The Hall–Kier alpha value is -2.12. The Morgan fingerprint density at radius 1 is 1.37 bits per heavy atom. The van der Waals surface area contributed by atoms with Crippen molar-refractivity contribution in [2.75, 3.05) is 6.61 Å². The number of aromatic nitrogens is 2. The van der Waals surface area contributed by atoms with Crippen LogP contribution in [0.3, 0.4) is 0 Å². The van der Waals surface area contributed by atoms with Crippen LogP contribution in [0.1, 0.15) is 23.2 Å². The van der Waals surface area contributed by atoms with Gasteiger partial charge in [-0.05, 0) is 30.7 Å². The molecule has 2 rings (SSSR count). The van der Waals surface area contributed by atoms with Gasteiger partial charge in [-0.25, -0.2) is 4.39 Å². The van der Waals surface area contributed by atoms with Gasteiger partial charge in [0.25, 0.3) is 0 Å². The monoisotopic (exact) mass is 258 g/mol. The van der Waals surface area contributed by atoms with Gasteiger partial charge < -0.3 is 5.11 Å². The fourth-order valence-corrected chi connectivity index (χ4v) is 1.72. The number of aryl methyl sites for hydroxylation is 1. The second-order valence-corrected chi connectivity index (χ2v) is 4.24. The highest BCUT2D eigenvalue weighted by atomic mass is 19.1. The molecule has 0 aliphatic heterocycles. The van der Waals surface area contributed by atoms with Gasteiger partial charge in [-0.3, -0.25) is 4.68 Å². The summed E-state index contributed by atoms with van der Waals surface area (Å²) in [5, 5.41) is 12.9. The van der Waals surface area contributed by atoms with Crippen molar-refractivity contribution in [3.05, 3.63) is 53.1 Å². The summed E-state index contributed by atoms with van der Waals surface area (Å²) in [6.45, 7) is 2.50. The molecule has 0 aliphatic rings. The molecule has 0 saturated heterocycles. The average molecular weight is 258 g/mol. The smallest absolute Gasteiger partial charge is 0.138 e. The predicted molar refractivity (Wildman–Crippen MR) is 71.0 cm³/mol. The van der Waals surface area contributed by atoms with Crippen LogP contribution >= 0.6 is 0 Å². The van der Waals surface area contributed by atoms with Crippen molar-refractivity contribution in [3.8, 4) is 11.8 Å². The van der Waals surface area contributed by atoms with E-state index in [-0.39, 0.29) is 12.4 Å². The fourth-order valence-electron chi connectivity index (χ4n) is 1.72. The number of nitrogens with zero attached hydrogens (tertiary/aromatic N) is 2. The zero-order valence-electron chi connectivity index (χ0n) is 10.7. The maximum absolute atomic E-state index is 13.6. The van der Waals surface area contributed by atoms with Gasteiger partial charge >= 0.3 is 0 Å².